The number of nitrogens with one attached hydrogen (secondary N) is 1. The number of rotatable bonds is 3. The molecule has 1 aromatic rings. The molecule has 0 saturated carbocycles. The van der Waals surface area contributed by atoms with Crippen molar-refractivity contribution in [3.8, 4) is 5.75 Å². The molecule has 1 heterocycles. The number of anilines is 1. The highest BCUT2D eigenvalue weighted by molar-refractivity contribution is 5.89. The Morgan fingerprint density at radius 3 is 2.22 bits per heavy atom. The van der Waals surface area contributed by atoms with E-state index in [0.29, 0.717) is 5.69 Å². The third-order valence-corrected chi connectivity index (χ3v) is 2.66. The Bertz CT molecular complexity index is 595. The van der Waals surface area contributed by atoms with Crippen molar-refractivity contribution < 1.29 is 39.9 Å². The predicted octanol–water partition coefficient (Wildman–Crippen LogP) is -0.0568. The predicted molar refractivity (Wildman–Crippen MR) is 77.7 cm³/mol. The highest BCUT2D eigenvalue weighted by atomic mass is 16.6. The van der Waals surface area contributed by atoms with Crippen molar-refractivity contribution in [1.82, 2.24) is 0 Å². The average Bonchev–Trinajstić information content (AvgIpc) is 2.77. The van der Waals surface area contributed by atoms with Crippen LogP contribution in [0.5, 0.6) is 5.75 Å². The van der Waals surface area contributed by atoms with Crippen LogP contribution < -0.4 is 5.32 Å². The van der Waals surface area contributed by atoms with Crippen LogP contribution in [0.1, 0.15) is 6.92 Å². The van der Waals surface area contributed by atoms with Gasteiger partial charge < -0.3 is 35.6 Å². The van der Waals surface area contributed by atoms with Gasteiger partial charge in [-0.15, -0.1) is 0 Å². The molecule has 1 unspecified atom stereocenters. The zero-order chi connectivity index (χ0) is 17.6. The fraction of sp³-hybridized carbons (Fsp3) is 0.286. The minimum atomic E-state index is -1.42. The number of phenolic OH excluding ortho intramolecular Hbond substituents is 1. The molecule has 0 aromatic heterocycles. The summed E-state index contributed by atoms with van der Waals surface area (Å²) in [5.41, 5.74) is 0.690. The molecular formula is C14H17NO8. The molecule has 6 N–H and O–H groups in total. The number of esters is 1. The number of carbonyl (C=O) groups is 2. The molecule has 0 aliphatic carbocycles. The molecule has 0 saturated heterocycles. The van der Waals surface area contributed by atoms with E-state index in [9.17, 15) is 9.59 Å². The molecule has 1 aliphatic heterocycles. The summed E-state index contributed by atoms with van der Waals surface area (Å²) in [4.78, 5) is 21.1. The fourth-order valence-electron chi connectivity index (χ4n) is 1.57. The number of amides is 1. The summed E-state index contributed by atoms with van der Waals surface area (Å²) in [7, 11) is 0. The lowest BCUT2D eigenvalue weighted by Gasteiger charge is -2.13. The summed E-state index contributed by atoms with van der Waals surface area (Å²) < 4.78 is 4.32. The van der Waals surface area contributed by atoms with E-state index in [1.54, 1.807) is 12.1 Å². The van der Waals surface area contributed by atoms with E-state index >= 15 is 0 Å². The van der Waals surface area contributed by atoms with Crippen molar-refractivity contribution in [3.05, 3.63) is 35.8 Å². The number of benzene rings is 1. The molecule has 0 radical (unpaired) electrons. The molecule has 23 heavy (non-hydrogen) atoms. The molecule has 0 bridgehead atoms. The smallest absolute Gasteiger partial charge is 0.377 e. The van der Waals surface area contributed by atoms with Crippen LogP contribution in [0.4, 0.5) is 5.69 Å². The first-order valence-electron chi connectivity index (χ1n) is 6.44. The summed E-state index contributed by atoms with van der Waals surface area (Å²) in [5, 5.41) is 46.5. The topological polar surface area (TPSA) is 157 Å². The molecule has 0 fully saturated rings. The summed E-state index contributed by atoms with van der Waals surface area (Å²) in [5.74, 6) is -2.70. The molecule has 9 heteroatoms. The largest absolute Gasteiger partial charge is 0.508 e. The van der Waals surface area contributed by atoms with Crippen molar-refractivity contribution >= 4 is 17.6 Å². The SMILES string of the molecule is CC(=O)Nc1ccc(O)cc1.O=C1OC([C@@H](O)CO)C(O)=C1O. The second kappa shape index (κ2) is 8.01. The lowest BCUT2D eigenvalue weighted by molar-refractivity contribution is -0.147. The lowest BCUT2D eigenvalue weighted by Crippen LogP contribution is -2.31. The van der Waals surface area contributed by atoms with Gasteiger partial charge in [-0.25, -0.2) is 4.79 Å². The van der Waals surface area contributed by atoms with Gasteiger partial charge in [-0.05, 0) is 24.3 Å². The first kappa shape index (κ1) is 18.3. The number of aliphatic hydroxyl groups excluding tert-OH is 4. The summed E-state index contributed by atoms with van der Waals surface area (Å²) in [6.45, 7) is 0.766. The normalized spacial score (nSPS) is 17.9. The Labute approximate surface area is 131 Å². The van der Waals surface area contributed by atoms with Crippen LogP contribution in [0.3, 0.4) is 0 Å². The maximum Gasteiger partial charge on any atom is 0.377 e. The van der Waals surface area contributed by atoms with Crippen molar-refractivity contribution in [2.75, 3.05) is 11.9 Å². The third-order valence-electron chi connectivity index (χ3n) is 2.66. The third kappa shape index (κ3) is 5.16. The van der Waals surface area contributed by atoms with Gasteiger partial charge in [-0.3, -0.25) is 4.79 Å². The Morgan fingerprint density at radius 1 is 1.26 bits per heavy atom. The lowest BCUT2D eigenvalue weighted by atomic mass is 10.2. The first-order valence-corrected chi connectivity index (χ1v) is 6.44. The minimum absolute atomic E-state index is 0.115. The first-order chi connectivity index (χ1) is 10.8. The molecule has 1 aromatic carbocycles. The van der Waals surface area contributed by atoms with Crippen molar-refractivity contribution in [2.45, 2.75) is 19.1 Å². The molecule has 1 aliphatic rings. The van der Waals surface area contributed by atoms with E-state index in [2.05, 4.69) is 10.1 Å². The quantitative estimate of drug-likeness (QED) is 0.333. The number of ether oxygens (including phenoxy) is 1. The standard InChI is InChI=1S/C8H9NO2.C6H8O6/c1-6(10)9-7-2-4-8(11)5-3-7;7-1-2(8)5-3(9)4(10)6(11)12-5/h2-5,11H,1H3,(H,9,10);2,5,7-10H,1H2/t;2-,5?/m.0/s1. The highest BCUT2D eigenvalue weighted by Crippen LogP contribution is 2.20. The molecular weight excluding hydrogens is 310 g/mol. The van der Waals surface area contributed by atoms with Crippen LogP contribution in [0, 0.1) is 0 Å². The number of phenols is 1. The summed E-state index contributed by atoms with van der Waals surface area (Å²) in [6, 6.07) is 6.31. The van der Waals surface area contributed by atoms with E-state index in [1.807, 2.05) is 0 Å². The van der Waals surface area contributed by atoms with Crippen molar-refractivity contribution in [2.24, 2.45) is 0 Å². The molecule has 9 nitrogen and oxygen atoms in total. The van der Waals surface area contributed by atoms with Crippen LogP contribution in [-0.4, -0.2) is 56.2 Å². The van der Waals surface area contributed by atoms with E-state index in [4.69, 9.17) is 25.5 Å². The molecule has 1 amide bonds. The van der Waals surface area contributed by atoms with Crippen LogP contribution in [0.25, 0.3) is 0 Å². The van der Waals surface area contributed by atoms with Crippen LogP contribution in [0.2, 0.25) is 0 Å². The number of carbonyl (C=O) groups excluding carboxylic acids is 2. The number of aromatic hydroxyl groups is 1. The van der Waals surface area contributed by atoms with Gasteiger partial charge in [0.25, 0.3) is 0 Å². The van der Waals surface area contributed by atoms with Gasteiger partial charge in [-0.1, -0.05) is 0 Å². The van der Waals surface area contributed by atoms with E-state index in [0.717, 1.165) is 0 Å². The average molecular weight is 327 g/mol. The number of aliphatic hydroxyl groups is 4. The molecule has 2 atom stereocenters. The maximum absolute atomic E-state index is 10.5. The molecule has 2 rings (SSSR count). The highest BCUT2D eigenvalue weighted by Gasteiger charge is 2.38. The fourth-order valence-corrected chi connectivity index (χ4v) is 1.57. The van der Waals surface area contributed by atoms with Gasteiger partial charge in [0.1, 0.15) is 11.9 Å². The van der Waals surface area contributed by atoms with E-state index < -0.39 is 36.3 Å². The number of cyclic esters (lactones) is 1. The molecule has 126 valence electrons. The van der Waals surface area contributed by atoms with Gasteiger partial charge >= 0.3 is 5.97 Å². The second-order valence-corrected chi connectivity index (χ2v) is 4.54. The van der Waals surface area contributed by atoms with Crippen LogP contribution in [0.15, 0.2) is 35.8 Å². The van der Waals surface area contributed by atoms with Crippen LogP contribution >= 0.6 is 0 Å². The van der Waals surface area contributed by atoms with Gasteiger partial charge in [-0.2, -0.15) is 0 Å². The summed E-state index contributed by atoms with van der Waals surface area (Å²) >= 11 is 0. The Balaban J connectivity index is 0.000000231. The second-order valence-electron chi connectivity index (χ2n) is 4.54. The Kier molecular flexibility index (Phi) is 6.36. The number of hydrogen-bond donors (Lipinski definition) is 6. The monoisotopic (exact) mass is 327 g/mol. The van der Waals surface area contributed by atoms with Crippen molar-refractivity contribution in [1.29, 1.82) is 0 Å². The minimum Gasteiger partial charge on any atom is -0.508 e. The van der Waals surface area contributed by atoms with Gasteiger partial charge in [0.15, 0.2) is 11.9 Å². The van der Waals surface area contributed by atoms with Gasteiger partial charge in [0.2, 0.25) is 11.7 Å². The van der Waals surface area contributed by atoms with Gasteiger partial charge in [0.05, 0.1) is 6.61 Å². The Morgan fingerprint density at radius 2 is 1.83 bits per heavy atom. The number of hydrogen-bond acceptors (Lipinski definition) is 8. The van der Waals surface area contributed by atoms with Crippen LogP contribution in [-0.2, 0) is 14.3 Å². The summed E-state index contributed by atoms with van der Waals surface area (Å²) in [6.07, 6.45) is -2.78. The van der Waals surface area contributed by atoms with E-state index in [-0.39, 0.29) is 11.7 Å². The van der Waals surface area contributed by atoms with E-state index in [1.165, 1.54) is 19.1 Å². The van der Waals surface area contributed by atoms with Crippen molar-refractivity contribution in [3.63, 3.8) is 0 Å². The molecule has 0 spiro atoms. The van der Waals surface area contributed by atoms with Gasteiger partial charge in [0, 0.05) is 12.6 Å². The zero-order valence-corrected chi connectivity index (χ0v) is 12.1. The Hall–Kier alpha value is -2.78. The maximum atomic E-state index is 10.5. The zero-order valence-electron chi connectivity index (χ0n) is 12.1.